The fraction of sp³-hybridized carbons (Fsp3) is 0.600. The topological polar surface area (TPSA) is 33.4 Å². The second kappa shape index (κ2) is 5.14. The number of aliphatic hydroxyl groups is 1. The molecular formula is C10H14O2S2. The van der Waals surface area contributed by atoms with E-state index in [0.29, 0.717) is 11.7 Å². The first-order valence-corrected chi connectivity index (χ1v) is 6.95. The Bertz CT molecular complexity index is 255. The molecule has 0 amide bonds. The van der Waals surface area contributed by atoms with Crippen LogP contribution < -0.4 is 0 Å². The van der Waals surface area contributed by atoms with Crippen molar-refractivity contribution in [3.05, 3.63) is 24.2 Å². The molecule has 1 aliphatic heterocycles. The maximum atomic E-state index is 9.97. The molecule has 2 atom stereocenters. The highest BCUT2D eigenvalue weighted by molar-refractivity contribution is 8.06. The molecule has 2 nitrogen and oxygen atoms in total. The van der Waals surface area contributed by atoms with Gasteiger partial charge in [0.05, 0.1) is 18.6 Å². The lowest BCUT2D eigenvalue weighted by Crippen LogP contribution is -2.30. The average Bonchev–Trinajstić information content (AvgIpc) is 2.72. The number of furan rings is 1. The third kappa shape index (κ3) is 2.72. The van der Waals surface area contributed by atoms with E-state index in [1.165, 1.54) is 5.75 Å². The summed E-state index contributed by atoms with van der Waals surface area (Å²) in [4.78, 5) is 0. The SMILES string of the molecule is OC(Cc1ccoc1)C1CSCCS1. The minimum absolute atomic E-state index is 0.231. The Balaban J connectivity index is 1.85. The number of hydrogen-bond acceptors (Lipinski definition) is 4. The Morgan fingerprint density at radius 2 is 2.50 bits per heavy atom. The Kier molecular flexibility index (Phi) is 3.84. The van der Waals surface area contributed by atoms with Crippen molar-refractivity contribution in [2.24, 2.45) is 0 Å². The van der Waals surface area contributed by atoms with Crippen molar-refractivity contribution in [3.8, 4) is 0 Å². The van der Waals surface area contributed by atoms with Gasteiger partial charge in [-0.3, -0.25) is 0 Å². The Morgan fingerprint density at radius 3 is 3.14 bits per heavy atom. The van der Waals surface area contributed by atoms with Gasteiger partial charge in [-0.1, -0.05) is 0 Å². The molecule has 2 heterocycles. The summed E-state index contributed by atoms with van der Waals surface area (Å²) in [5, 5.41) is 10.4. The molecule has 0 aromatic carbocycles. The van der Waals surface area contributed by atoms with Crippen molar-refractivity contribution in [2.75, 3.05) is 17.3 Å². The molecule has 1 fully saturated rings. The van der Waals surface area contributed by atoms with Crippen molar-refractivity contribution in [1.29, 1.82) is 0 Å². The highest BCUT2D eigenvalue weighted by Gasteiger charge is 2.22. The van der Waals surface area contributed by atoms with Crippen LogP contribution in [0.15, 0.2) is 23.0 Å². The quantitative estimate of drug-likeness (QED) is 0.861. The maximum absolute atomic E-state index is 9.97. The molecule has 1 aromatic heterocycles. The van der Waals surface area contributed by atoms with Crippen LogP contribution in [0.1, 0.15) is 5.56 Å². The molecule has 1 aromatic rings. The lowest BCUT2D eigenvalue weighted by Gasteiger charge is -2.25. The van der Waals surface area contributed by atoms with Crippen LogP contribution in [0.2, 0.25) is 0 Å². The van der Waals surface area contributed by atoms with E-state index in [0.717, 1.165) is 17.1 Å². The first-order valence-electron chi connectivity index (χ1n) is 4.75. The summed E-state index contributed by atoms with van der Waals surface area (Å²) < 4.78 is 4.98. The molecule has 0 spiro atoms. The normalized spacial score (nSPS) is 24.8. The summed E-state index contributed by atoms with van der Waals surface area (Å²) in [6, 6.07) is 1.92. The fourth-order valence-electron chi connectivity index (χ4n) is 1.51. The zero-order valence-corrected chi connectivity index (χ0v) is 9.52. The average molecular weight is 230 g/mol. The van der Waals surface area contributed by atoms with Crippen LogP contribution in [0.3, 0.4) is 0 Å². The minimum atomic E-state index is -0.231. The molecule has 0 radical (unpaired) electrons. The lowest BCUT2D eigenvalue weighted by atomic mass is 10.1. The smallest absolute Gasteiger partial charge is 0.0935 e. The van der Waals surface area contributed by atoms with E-state index in [9.17, 15) is 5.11 Å². The third-order valence-corrected chi connectivity index (χ3v) is 5.20. The van der Waals surface area contributed by atoms with Crippen LogP contribution >= 0.6 is 23.5 Å². The molecule has 2 rings (SSSR count). The number of hydrogen-bond donors (Lipinski definition) is 1. The third-order valence-electron chi connectivity index (χ3n) is 2.30. The molecule has 4 heteroatoms. The highest BCUT2D eigenvalue weighted by atomic mass is 32.2. The van der Waals surface area contributed by atoms with Crippen molar-refractivity contribution in [1.82, 2.24) is 0 Å². The van der Waals surface area contributed by atoms with Crippen molar-refractivity contribution < 1.29 is 9.52 Å². The van der Waals surface area contributed by atoms with Crippen LogP contribution in [0, 0.1) is 0 Å². The summed E-state index contributed by atoms with van der Waals surface area (Å²) in [6.45, 7) is 0. The predicted octanol–water partition coefficient (Wildman–Crippen LogP) is 2.03. The van der Waals surface area contributed by atoms with Gasteiger partial charge in [-0.25, -0.2) is 0 Å². The molecule has 78 valence electrons. The van der Waals surface area contributed by atoms with Crippen molar-refractivity contribution >= 4 is 23.5 Å². The fourth-order valence-corrected chi connectivity index (χ4v) is 4.28. The molecular weight excluding hydrogens is 216 g/mol. The van der Waals surface area contributed by atoms with Gasteiger partial charge in [-0.05, 0) is 11.6 Å². The Morgan fingerprint density at radius 1 is 1.57 bits per heavy atom. The molecule has 0 saturated carbocycles. The lowest BCUT2D eigenvalue weighted by molar-refractivity contribution is 0.177. The Hall–Kier alpha value is -0.0600. The van der Waals surface area contributed by atoms with E-state index in [2.05, 4.69) is 0 Å². The van der Waals surface area contributed by atoms with E-state index >= 15 is 0 Å². The molecule has 0 aliphatic carbocycles. The van der Waals surface area contributed by atoms with E-state index in [1.807, 2.05) is 29.6 Å². The van der Waals surface area contributed by atoms with Crippen LogP contribution in [-0.2, 0) is 6.42 Å². The first-order chi connectivity index (χ1) is 6.86. The van der Waals surface area contributed by atoms with Crippen molar-refractivity contribution in [3.63, 3.8) is 0 Å². The zero-order chi connectivity index (χ0) is 9.80. The largest absolute Gasteiger partial charge is 0.472 e. The molecule has 1 aliphatic rings. The van der Waals surface area contributed by atoms with E-state index in [4.69, 9.17) is 4.42 Å². The maximum Gasteiger partial charge on any atom is 0.0935 e. The van der Waals surface area contributed by atoms with Crippen molar-refractivity contribution in [2.45, 2.75) is 17.8 Å². The number of rotatable bonds is 3. The molecule has 1 N–H and O–H groups in total. The Labute approximate surface area is 92.5 Å². The van der Waals surface area contributed by atoms with Crippen LogP contribution in [0.4, 0.5) is 0 Å². The van der Waals surface area contributed by atoms with Gasteiger partial charge in [0.25, 0.3) is 0 Å². The monoisotopic (exact) mass is 230 g/mol. The van der Waals surface area contributed by atoms with Crippen LogP contribution in [0.5, 0.6) is 0 Å². The predicted molar refractivity (Wildman–Crippen MR) is 62.0 cm³/mol. The summed E-state index contributed by atoms with van der Waals surface area (Å²) >= 11 is 3.83. The van der Waals surface area contributed by atoms with Gasteiger partial charge in [0, 0.05) is 28.9 Å². The second-order valence-corrected chi connectivity index (χ2v) is 5.88. The van der Waals surface area contributed by atoms with Gasteiger partial charge in [-0.15, -0.1) is 0 Å². The summed E-state index contributed by atoms with van der Waals surface area (Å²) in [6.07, 6.45) is 3.86. The van der Waals surface area contributed by atoms with E-state index in [1.54, 1.807) is 12.5 Å². The summed E-state index contributed by atoms with van der Waals surface area (Å²) in [5.74, 6) is 3.46. The van der Waals surface area contributed by atoms with E-state index in [-0.39, 0.29) is 6.10 Å². The minimum Gasteiger partial charge on any atom is -0.472 e. The zero-order valence-electron chi connectivity index (χ0n) is 7.89. The van der Waals surface area contributed by atoms with Gasteiger partial charge in [0.2, 0.25) is 0 Å². The van der Waals surface area contributed by atoms with Gasteiger partial charge in [0.1, 0.15) is 0 Å². The van der Waals surface area contributed by atoms with Gasteiger partial charge >= 0.3 is 0 Å². The standard InChI is InChI=1S/C10H14O2S2/c11-9(5-8-1-2-12-6-8)10-7-13-3-4-14-10/h1-2,6,9-11H,3-5,7H2. The van der Waals surface area contributed by atoms with Gasteiger partial charge in [-0.2, -0.15) is 23.5 Å². The van der Waals surface area contributed by atoms with Gasteiger partial charge < -0.3 is 9.52 Å². The van der Waals surface area contributed by atoms with E-state index < -0.39 is 0 Å². The summed E-state index contributed by atoms with van der Waals surface area (Å²) in [5.41, 5.74) is 1.09. The summed E-state index contributed by atoms with van der Waals surface area (Å²) in [7, 11) is 0. The molecule has 2 unspecified atom stereocenters. The first kappa shape index (κ1) is 10.5. The number of thioether (sulfide) groups is 2. The molecule has 0 bridgehead atoms. The number of aliphatic hydroxyl groups excluding tert-OH is 1. The highest BCUT2D eigenvalue weighted by Crippen LogP contribution is 2.27. The molecule has 1 saturated heterocycles. The van der Waals surface area contributed by atoms with Crippen LogP contribution in [0.25, 0.3) is 0 Å². The van der Waals surface area contributed by atoms with Crippen LogP contribution in [-0.4, -0.2) is 33.7 Å². The van der Waals surface area contributed by atoms with Gasteiger partial charge in [0.15, 0.2) is 0 Å². The second-order valence-electron chi connectivity index (χ2n) is 3.39. The molecule has 14 heavy (non-hydrogen) atoms.